The van der Waals surface area contributed by atoms with Crippen molar-refractivity contribution < 1.29 is 9.13 Å². The molecular weight excluding hydrogens is 303 g/mol. The zero-order chi connectivity index (χ0) is 16.4. The molecule has 2 fully saturated rings. The van der Waals surface area contributed by atoms with E-state index in [1.54, 1.807) is 0 Å². The number of likely N-dealkylation sites (tertiary alicyclic amines) is 1. The largest absolute Gasteiger partial charge is 0.457 e. The molecule has 0 spiro atoms. The topological polar surface area (TPSA) is 24.5 Å². The number of para-hydroxylation sites is 1. The molecule has 0 aliphatic carbocycles. The molecule has 0 unspecified atom stereocenters. The Labute approximate surface area is 142 Å². The van der Waals surface area contributed by atoms with Gasteiger partial charge in [-0.1, -0.05) is 30.3 Å². The lowest BCUT2D eigenvalue weighted by Gasteiger charge is -2.43. The number of hydrogen-bond acceptors (Lipinski definition) is 3. The van der Waals surface area contributed by atoms with Crippen molar-refractivity contribution in [3.05, 3.63) is 60.2 Å². The van der Waals surface area contributed by atoms with E-state index in [9.17, 15) is 4.39 Å². The Morgan fingerprint density at radius 3 is 2.29 bits per heavy atom. The van der Waals surface area contributed by atoms with Crippen LogP contribution in [0.5, 0.6) is 11.5 Å². The van der Waals surface area contributed by atoms with Gasteiger partial charge < -0.3 is 10.1 Å². The molecule has 4 rings (SSSR count). The lowest BCUT2D eigenvalue weighted by atomic mass is 9.87. The SMILES string of the molecule is F[C@@H]1CN(C2CNC2)CC[C@H]1c1ccc(Oc2ccccc2)cc1. The van der Waals surface area contributed by atoms with Crippen molar-refractivity contribution >= 4 is 0 Å². The fourth-order valence-corrected chi connectivity index (χ4v) is 3.57. The third kappa shape index (κ3) is 3.30. The number of halogens is 1. The summed E-state index contributed by atoms with van der Waals surface area (Å²) in [5, 5.41) is 3.26. The Bertz CT molecular complexity index is 657. The first kappa shape index (κ1) is 15.6. The van der Waals surface area contributed by atoms with Gasteiger partial charge >= 0.3 is 0 Å². The van der Waals surface area contributed by atoms with Gasteiger partial charge in [-0.3, -0.25) is 4.90 Å². The number of ether oxygens (including phenoxy) is 1. The van der Waals surface area contributed by atoms with Gasteiger partial charge in [-0.25, -0.2) is 4.39 Å². The number of nitrogens with one attached hydrogen (secondary N) is 1. The lowest BCUT2D eigenvalue weighted by Crippen LogP contribution is -2.60. The number of rotatable bonds is 4. The standard InChI is InChI=1S/C20H23FN2O/c21-20-14-23(16-12-22-13-16)11-10-19(20)15-6-8-18(9-7-15)24-17-4-2-1-3-5-17/h1-9,16,19-20,22H,10-14H2/t19-,20+/m0/s1. The maximum Gasteiger partial charge on any atom is 0.127 e. The van der Waals surface area contributed by atoms with Gasteiger partial charge in [-0.05, 0) is 42.8 Å². The van der Waals surface area contributed by atoms with Crippen LogP contribution in [0, 0.1) is 0 Å². The van der Waals surface area contributed by atoms with E-state index in [2.05, 4.69) is 10.2 Å². The summed E-state index contributed by atoms with van der Waals surface area (Å²) < 4.78 is 20.5. The summed E-state index contributed by atoms with van der Waals surface area (Å²) in [6.45, 7) is 3.55. The number of nitrogens with zero attached hydrogens (tertiary/aromatic N) is 1. The summed E-state index contributed by atoms with van der Waals surface area (Å²) in [6.07, 6.45) is 0.0940. The summed E-state index contributed by atoms with van der Waals surface area (Å²) >= 11 is 0. The normalized spacial score (nSPS) is 25.2. The molecule has 0 amide bonds. The fraction of sp³-hybridized carbons (Fsp3) is 0.400. The lowest BCUT2D eigenvalue weighted by molar-refractivity contribution is 0.0604. The highest BCUT2D eigenvalue weighted by molar-refractivity contribution is 5.34. The van der Waals surface area contributed by atoms with Crippen LogP contribution in [-0.2, 0) is 0 Å². The summed E-state index contributed by atoms with van der Waals surface area (Å²) in [5.41, 5.74) is 1.08. The highest BCUT2D eigenvalue weighted by Crippen LogP contribution is 2.33. The van der Waals surface area contributed by atoms with Crippen molar-refractivity contribution in [3.8, 4) is 11.5 Å². The monoisotopic (exact) mass is 326 g/mol. The maximum absolute atomic E-state index is 14.7. The van der Waals surface area contributed by atoms with Gasteiger partial charge in [0.25, 0.3) is 0 Å². The van der Waals surface area contributed by atoms with Crippen molar-refractivity contribution in [2.75, 3.05) is 26.2 Å². The summed E-state index contributed by atoms with van der Waals surface area (Å²) in [5.74, 6) is 1.61. The third-order valence-electron chi connectivity index (χ3n) is 5.14. The fourth-order valence-electron chi connectivity index (χ4n) is 3.57. The minimum Gasteiger partial charge on any atom is -0.457 e. The molecule has 3 nitrogen and oxygen atoms in total. The van der Waals surface area contributed by atoms with Crippen LogP contribution in [0.1, 0.15) is 17.9 Å². The molecule has 126 valence electrons. The first-order valence-corrected chi connectivity index (χ1v) is 8.71. The smallest absolute Gasteiger partial charge is 0.127 e. The van der Waals surface area contributed by atoms with Crippen LogP contribution >= 0.6 is 0 Å². The zero-order valence-electron chi connectivity index (χ0n) is 13.7. The molecule has 2 saturated heterocycles. The molecule has 2 aromatic carbocycles. The zero-order valence-corrected chi connectivity index (χ0v) is 13.7. The second-order valence-corrected chi connectivity index (χ2v) is 6.70. The van der Waals surface area contributed by atoms with E-state index in [-0.39, 0.29) is 5.92 Å². The van der Waals surface area contributed by atoms with Crippen LogP contribution in [0.4, 0.5) is 4.39 Å². The van der Waals surface area contributed by atoms with Crippen LogP contribution < -0.4 is 10.1 Å². The summed E-state index contributed by atoms with van der Waals surface area (Å²) in [4.78, 5) is 2.30. The van der Waals surface area contributed by atoms with Gasteiger partial charge in [-0.2, -0.15) is 0 Å². The second-order valence-electron chi connectivity index (χ2n) is 6.70. The average molecular weight is 326 g/mol. The van der Waals surface area contributed by atoms with Gasteiger partial charge in [0.2, 0.25) is 0 Å². The molecular formula is C20H23FN2O. The molecule has 2 heterocycles. The molecule has 0 aromatic heterocycles. The summed E-state index contributed by atoms with van der Waals surface area (Å²) in [7, 11) is 0. The van der Waals surface area contributed by atoms with E-state index < -0.39 is 6.17 Å². The van der Waals surface area contributed by atoms with Gasteiger partial charge in [0.05, 0.1) is 0 Å². The van der Waals surface area contributed by atoms with E-state index in [1.165, 1.54) is 0 Å². The van der Waals surface area contributed by atoms with E-state index in [0.717, 1.165) is 43.1 Å². The van der Waals surface area contributed by atoms with Crippen molar-refractivity contribution in [2.24, 2.45) is 0 Å². The number of benzene rings is 2. The van der Waals surface area contributed by atoms with Gasteiger partial charge in [0.15, 0.2) is 0 Å². The molecule has 2 aliphatic heterocycles. The summed E-state index contributed by atoms with van der Waals surface area (Å²) in [6, 6.07) is 18.1. The number of piperidine rings is 1. The Morgan fingerprint density at radius 1 is 0.958 bits per heavy atom. The molecule has 0 bridgehead atoms. The Kier molecular flexibility index (Phi) is 4.50. The van der Waals surface area contributed by atoms with E-state index in [0.29, 0.717) is 12.6 Å². The first-order chi connectivity index (χ1) is 11.8. The molecule has 4 heteroatoms. The molecule has 2 atom stereocenters. The molecule has 2 aromatic rings. The first-order valence-electron chi connectivity index (χ1n) is 8.71. The van der Waals surface area contributed by atoms with Crippen LogP contribution in [0.2, 0.25) is 0 Å². The predicted molar refractivity (Wildman–Crippen MR) is 93.4 cm³/mol. The van der Waals surface area contributed by atoms with Gasteiger partial charge in [-0.15, -0.1) is 0 Å². The molecule has 0 saturated carbocycles. The predicted octanol–water partition coefficient (Wildman–Crippen LogP) is 3.58. The minimum atomic E-state index is -0.791. The van der Waals surface area contributed by atoms with E-state index >= 15 is 0 Å². The molecule has 0 radical (unpaired) electrons. The highest BCUT2D eigenvalue weighted by Gasteiger charge is 2.35. The number of hydrogen-bond donors (Lipinski definition) is 1. The number of alkyl halides is 1. The second kappa shape index (κ2) is 6.91. The van der Waals surface area contributed by atoms with Crippen molar-refractivity contribution in [1.82, 2.24) is 10.2 Å². The van der Waals surface area contributed by atoms with E-state index in [4.69, 9.17) is 4.74 Å². The molecule has 24 heavy (non-hydrogen) atoms. The Balaban J connectivity index is 1.39. The molecule has 2 aliphatic rings. The van der Waals surface area contributed by atoms with Crippen molar-refractivity contribution in [2.45, 2.75) is 24.6 Å². The maximum atomic E-state index is 14.7. The quantitative estimate of drug-likeness (QED) is 0.929. The van der Waals surface area contributed by atoms with Crippen LogP contribution in [0.3, 0.4) is 0 Å². The minimum absolute atomic E-state index is 0.0000565. The van der Waals surface area contributed by atoms with Crippen molar-refractivity contribution in [1.29, 1.82) is 0 Å². The average Bonchev–Trinajstić information content (AvgIpc) is 2.55. The van der Waals surface area contributed by atoms with Gasteiger partial charge in [0.1, 0.15) is 17.7 Å². The third-order valence-corrected chi connectivity index (χ3v) is 5.14. The van der Waals surface area contributed by atoms with E-state index in [1.807, 2.05) is 54.6 Å². The van der Waals surface area contributed by atoms with Crippen LogP contribution in [0.25, 0.3) is 0 Å². The highest BCUT2D eigenvalue weighted by atomic mass is 19.1. The van der Waals surface area contributed by atoms with Crippen LogP contribution in [0.15, 0.2) is 54.6 Å². The Morgan fingerprint density at radius 2 is 1.67 bits per heavy atom. The van der Waals surface area contributed by atoms with Crippen molar-refractivity contribution in [3.63, 3.8) is 0 Å². The molecule has 1 N–H and O–H groups in total. The Hall–Kier alpha value is -1.91. The van der Waals surface area contributed by atoms with Crippen LogP contribution in [-0.4, -0.2) is 43.3 Å². The van der Waals surface area contributed by atoms with Gasteiger partial charge in [0, 0.05) is 31.6 Å².